The lowest BCUT2D eigenvalue weighted by atomic mass is 9.95. The zero-order valence-corrected chi connectivity index (χ0v) is 11.2. The number of hydrogen-bond donors (Lipinski definition) is 1. The molecule has 1 fully saturated rings. The van der Waals surface area contributed by atoms with E-state index < -0.39 is 0 Å². The first-order valence-corrected chi connectivity index (χ1v) is 6.90. The molecule has 3 rings (SSSR count). The molecule has 1 saturated carbocycles. The quantitative estimate of drug-likeness (QED) is 0.894. The van der Waals surface area contributed by atoms with Gasteiger partial charge in [-0.25, -0.2) is 0 Å². The predicted molar refractivity (Wildman–Crippen MR) is 72.8 cm³/mol. The van der Waals surface area contributed by atoms with Crippen LogP contribution in [-0.2, 0) is 5.41 Å². The molecule has 0 bridgehead atoms. The average Bonchev–Trinajstić information content (AvgIpc) is 3.14. The Hall–Kier alpha value is -1.68. The van der Waals surface area contributed by atoms with Gasteiger partial charge in [0.25, 0.3) is 0 Å². The van der Waals surface area contributed by atoms with Crippen molar-refractivity contribution in [3.05, 3.63) is 47.6 Å². The van der Waals surface area contributed by atoms with E-state index in [1.807, 2.05) is 6.07 Å². The normalized spacial score (nSPS) is 18.2. The van der Waals surface area contributed by atoms with Crippen LogP contribution in [0.5, 0.6) is 0 Å². The van der Waals surface area contributed by atoms with Crippen LogP contribution in [0.1, 0.15) is 49.4 Å². The van der Waals surface area contributed by atoms with Gasteiger partial charge >= 0.3 is 0 Å². The van der Waals surface area contributed by atoms with Gasteiger partial charge in [0.2, 0.25) is 5.89 Å². The van der Waals surface area contributed by atoms with Gasteiger partial charge in [0.05, 0.1) is 11.3 Å². The topological polar surface area (TPSA) is 64.9 Å². The van der Waals surface area contributed by atoms with Crippen LogP contribution >= 0.6 is 0 Å². The first-order valence-electron chi connectivity index (χ1n) is 6.90. The third-order valence-corrected chi connectivity index (χ3v) is 4.07. The number of nitrogens with zero attached hydrogens (tertiary/aromatic N) is 2. The smallest absolute Gasteiger partial charge is 0.231 e. The summed E-state index contributed by atoms with van der Waals surface area (Å²) in [6.45, 7) is 2.64. The van der Waals surface area contributed by atoms with Gasteiger partial charge in [-0.1, -0.05) is 42.4 Å². The maximum atomic E-state index is 5.73. The highest BCUT2D eigenvalue weighted by Crippen LogP contribution is 2.52. The Morgan fingerprint density at radius 1 is 1.32 bits per heavy atom. The van der Waals surface area contributed by atoms with E-state index in [1.165, 1.54) is 5.56 Å². The van der Waals surface area contributed by atoms with E-state index in [-0.39, 0.29) is 11.3 Å². The Bertz CT molecular complexity index is 542. The van der Waals surface area contributed by atoms with Gasteiger partial charge in [0, 0.05) is 6.54 Å². The van der Waals surface area contributed by atoms with E-state index >= 15 is 0 Å². The van der Waals surface area contributed by atoms with Gasteiger partial charge in [0.15, 0.2) is 5.82 Å². The molecule has 1 heterocycles. The van der Waals surface area contributed by atoms with Crippen molar-refractivity contribution in [3.8, 4) is 0 Å². The zero-order chi connectivity index (χ0) is 13.3. The summed E-state index contributed by atoms with van der Waals surface area (Å²) in [5.41, 5.74) is 7.00. The van der Waals surface area contributed by atoms with Crippen molar-refractivity contribution in [2.45, 2.75) is 37.5 Å². The second kappa shape index (κ2) is 4.78. The highest BCUT2D eigenvalue weighted by atomic mass is 16.5. The van der Waals surface area contributed by atoms with Gasteiger partial charge in [0.1, 0.15) is 0 Å². The molecule has 1 aromatic carbocycles. The van der Waals surface area contributed by atoms with Crippen LogP contribution in [0.3, 0.4) is 0 Å². The van der Waals surface area contributed by atoms with Gasteiger partial charge < -0.3 is 10.3 Å². The fourth-order valence-electron chi connectivity index (χ4n) is 2.56. The highest BCUT2D eigenvalue weighted by molar-refractivity contribution is 5.38. The maximum absolute atomic E-state index is 5.73. The first-order chi connectivity index (χ1) is 9.30. The van der Waals surface area contributed by atoms with E-state index in [1.54, 1.807) is 0 Å². The molecule has 1 aliphatic carbocycles. The van der Waals surface area contributed by atoms with Crippen molar-refractivity contribution in [1.29, 1.82) is 0 Å². The van der Waals surface area contributed by atoms with E-state index in [0.717, 1.165) is 25.1 Å². The minimum atomic E-state index is -0.0180. The number of hydrogen-bond acceptors (Lipinski definition) is 4. The summed E-state index contributed by atoms with van der Waals surface area (Å²) in [4.78, 5) is 4.61. The Balaban J connectivity index is 1.91. The molecule has 4 heteroatoms. The molecule has 4 nitrogen and oxygen atoms in total. The molecule has 0 saturated heterocycles. The van der Waals surface area contributed by atoms with Gasteiger partial charge in [-0.2, -0.15) is 4.98 Å². The van der Waals surface area contributed by atoms with Crippen LogP contribution in [-0.4, -0.2) is 16.7 Å². The molecular formula is C15H19N3O. The molecule has 0 spiro atoms. The van der Waals surface area contributed by atoms with Crippen LogP contribution in [0.2, 0.25) is 0 Å². The summed E-state index contributed by atoms with van der Waals surface area (Å²) in [6.07, 6.45) is 3.11. The van der Waals surface area contributed by atoms with Crippen LogP contribution in [0.25, 0.3) is 0 Å². The SMILES string of the molecule is CCC(CN)c1nc(C2(c3ccccc3)CC2)no1. The monoisotopic (exact) mass is 257 g/mol. The molecular weight excluding hydrogens is 238 g/mol. The van der Waals surface area contributed by atoms with Gasteiger partial charge in [-0.05, 0) is 24.8 Å². The first kappa shape index (κ1) is 12.4. The summed E-state index contributed by atoms with van der Waals surface area (Å²) >= 11 is 0. The zero-order valence-electron chi connectivity index (χ0n) is 11.2. The minimum absolute atomic E-state index is 0.0180. The summed E-state index contributed by atoms with van der Waals surface area (Å²) < 4.78 is 5.42. The largest absolute Gasteiger partial charge is 0.339 e. The van der Waals surface area contributed by atoms with Crippen molar-refractivity contribution in [2.24, 2.45) is 5.73 Å². The predicted octanol–water partition coefficient (Wildman–Crippen LogP) is 2.60. The Morgan fingerprint density at radius 2 is 2.05 bits per heavy atom. The van der Waals surface area contributed by atoms with Gasteiger partial charge in [-0.3, -0.25) is 0 Å². The van der Waals surface area contributed by atoms with Gasteiger partial charge in [-0.15, -0.1) is 0 Å². The molecule has 1 atom stereocenters. The van der Waals surface area contributed by atoms with Crippen LogP contribution < -0.4 is 5.73 Å². The summed E-state index contributed by atoms with van der Waals surface area (Å²) in [5.74, 6) is 1.68. The fourth-order valence-corrected chi connectivity index (χ4v) is 2.56. The van der Waals surface area contributed by atoms with Crippen molar-refractivity contribution >= 4 is 0 Å². The van der Waals surface area contributed by atoms with E-state index in [0.29, 0.717) is 12.4 Å². The Labute approximate surface area is 113 Å². The standard InChI is InChI=1S/C15H19N3O/c1-2-11(10-16)13-17-14(18-19-13)15(8-9-15)12-6-4-3-5-7-12/h3-7,11H,2,8-10,16H2,1H3. The third kappa shape index (κ3) is 2.06. The Kier molecular flexibility index (Phi) is 3.11. The van der Waals surface area contributed by atoms with Crippen molar-refractivity contribution in [2.75, 3.05) is 6.54 Å². The summed E-state index contributed by atoms with van der Waals surface area (Å²) in [7, 11) is 0. The lowest BCUT2D eigenvalue weighted by Gasteiger charge is -2.10. The average molecular weight is 257 g/mol. The van der Waals surface area contributed by atoms with E-state index in [2.05, 4.69) is 41.3 Å². The summed E-state index contributed by atoms with van der Waals surface area (Å²) in [5, 5.41) is 4.20. The fraction of sp³-hybridized carbons (Fsp3) is 0.467. The molecule has 100 valence electrons. The molecule has 0 amide bonds. The van der Waals surface area contributed by atoms with Crippen molar-refractivity contribution < 1.29 is 4.52 Å². The number of rotatable bonds is 5. The molecule has 2 aromatic rings. The second-order valence-corrected chi connectivity index (χ2v) is 5.25. The van der Waals surface area contributed by atoms with Crippen LogP contribution in [0.4, 0.5) is 0 Å². The van der Waals surface area contributed by atoms with Crippen molar-refractivity contribution in [1.82, 2.24) is 10.1 Å². The second-order valence-electron chi connectivity index (χ2n) is 5.25. The molecule has 1 aromatic heterocycles. The molecule has 19 heavy (non-hydrogen) atoms. The third-order valence-electron chi connectivity index (χ3n) is 4.07. The molecule has 0 radical (unpaired) electrons. The number of benzene rings is 1. The van der Waals surface area contributed by atoms with E-state index in [9.17, 15) is 0 Å². The highest BCUT2D eigenvalue weighted by Gasteiger charge is 2.50. The maximum Gasteiger partial charge on any atom is 0.231 e. The lowest BCUT2D eigenvalue weighted by molar-refractivity contribution is 0.346. The van der Waals surface area contributed by atoms with Crippen LogP contribution in [0.15, 0.2) is 34.9 Å². The molecule has 2 N–H and O–H groups in total. The van der Waals surface area contributed by atoms with E-state index in [4.69, 9.17) is 10.3 Å². The molecule has 0 aliphatic heterocycles. The van der Waals surface area contributed by atoms with Crippen molar-refractivity contribution in [3.63, 3.8) is 0 Å². The molecule has 1 aliphatic rings. The number of aromatic nitrogens is 2. The van der Waals surface area contributed by atoms with Crippen LogP contribution in [0, 0.1) is 0 Å². The number of nitrogens with two attached hydrogens (primary N) is 1. The Morgan fingerprint density at radius 3 is 2.63 bits per heavy atom. The lowest BCUT2D eigenvalue weighted by Crippen LogP contribution is -2.13. The summed E-state index contributed by atoms with van der Waals surface area (Å²) in [6, 6.07) is 10.4. The minimum Gasteiger partial charge on any atom is -0.339 e. The molecule has 1 unspecified atom stereocenters.